The zero-order valence-corrected chi connectivity index (χ0v) is 20.3. The van der Waals surface area contributed by atoms with Gasteiger partial charge in [0.1, 0.15) is 18.2 Å². The highest BCUT2D eigenvalue weighted by Gasteiger charge is 2.26. The molecule has 0 spiro atoms. The average Bonchev–Trinajstić information content (AvgIpc) is 3.37. The van der Waals surface area contributed by atoms with Crippen LogP contribution in [0.1, 0.15) is 15.9 Å². The molecule has 0 saturated carbocycles. The van der Waals surface area contributed by atoms with Crippen LogP contribution in [0.3, 0.4) is 0 Å². The number of aromatic amines is 1. The van der Waals surface area contributed by atoms with Crippen molar-refractivity contribution < 1.29 is 19.0 Å². The predicted molar refractivity (Wildman–Crippen MR) is 131 cm³/mol. The number of nitrogens with one attached hydrogen (secondary N) is 1. The number of aryl methyl sites for hydroxylation is 1. The molecule has 0 amide bonds. The first-order valence-corrected chi connectivity index (χ1v) is 14.6. The summed E-state index contributed by atoms with van der Waals surface area (Å²) in [6, 6.07) is 11.3. The highest BCUT2D eigenvalue weighted by atomic mass is 28.3. The monoisotopic (exact) mass is 465 g/mol. The largest absolute Gasteiger partial charge is 0.478 e. The molecule has 3 heterocycles. The number of benzene rings is 1. The van der Waals surface area contributed by atoms with Gasteiger partial charge in [-0.25, -0.2) is 14.2 Å². The lowest BCUT2D eigenvalue weighted by molar-refractivity contribution is 0.0696. The minimum absolute atomic E-state index is 0.0313. The second kappa shape index (κ2) is 8.96. The Labute approximate surface area is 193 Å². The molecule has 2 N–H and O–H groups in total. The molecular weight excluding hydrogens is 437 g/mol. The van der Waals surface area contributed by atoms with Crippen molar-refractivity contribution in [3.05, 3.63) is 65.7 Å². The molecule has 3 aromatic heterocycles. The van der Waals surface area contributed by atoms with Crippen molar-refractivity contribution in [1.29, 1.82) is 0 Å². The smallest absolute Gasteiger partial charge is 0.337 e. The van der Waals surface area contributed by atoms with Gasteiger partial charge in [-0.3, -0.25) is 0 Å². The molecule has 0 bridgehead atoms. The van der Waals surface area contributed by atoms with Gasteiger partial charge in [-0.1, -0.05) is 31.8 Å². The van der Waals surface area contributed by atoms with E-state index in [1.54, 1.807) is 48.1 Å². The second-order valence-corrected chi connectivity index (χ2v) is 15.0. The summed E-state index contributed by atoms with van der Waals surface area (Å²) in [4.78, 5) is 19.7. The van der Waals surface area contributed by atoms with Crippen LogP contribution in [0.2, 0.25) is 25.7 Å². The van der Waals surface area contributed by atoms with Crippen molar-refractivity contribution in [2.75, 3.05) is 6.61 Å². The fourth-order valence-electron chi connectivity index (χ4n) is 3.91. The number of pyridine rings is 1. The van der Waals surface area contributed by atoms with Crippen molar-refractivity contribution in [1.82, 2.24) is 14.5 Å². The number of rotatable bonds is 8. The summed E-state index contributed by atoms with van der Waals surface area (Å²) in [6.07, 6.45) is 3.46. The van der Waals surface area contributed by atoms with Crippen LogP contribution >= 0.6 is 0 Å². The fraction of sp³-hybridized carbons (Fsp3) is 0.280. The van der Waals surface area contributed by atoms with Gasteiger partial charge in [0.25, 0.3) is 0 Å². The van der Waals surface area contributed by atoms with E-state index in [1.807, 2.05) is 12.1 Å². The highest BCUT2D eigenvalue weighted by molar-refractivity contribution is 6.76. The molecule has 33 heavy (non-hydrogen) atoms. The maximum atomic E-state index is 15.2. The van der Waals surface area contributed by atoms with Crippen molar-refractivity contribution >= 4 is 25.1 Å². The Morgan fingerprint density at radius 1 is 1.21 bits per heavy atom. The van der Waals surface area contributed by atoms with E-state index in [2.05, 4.69) is 29.6 Å². The Kier molecular flexibility index (Phi) is 6.23. The highest BCUT2D eigenvalue weighted by Crippen LogP contribution is 2.37. The lowest BCUT2D eigenvalue weighted by Gasteiger charge is -2.19. The molecule has 6 nitrogen and oxygen atoms in total. The average molecular weight is 466 g/mol. The minimum atomic E-state index is -1.31. The molecule has 8 heteroatoms. The maximum Gasteiger partial charge on any atom is 0.337 e. The van der Waals surface area contributed by atoms with Crippen molar-refractivity contribution in [3.8, 4) is 22.5 Å². The van der Waals surface area contributed by atoms with Gasteiger partial charge >= 0.3 is 5.97 Å². The number of hydrogen-bond donors (Lipinski definition) is 2. The van der Waals surface area contributed by atoms with E-state index in [0.717, 1.165) is 17.0 Å². The van der Waals surface area contributed by atoms with Gasteiger partial charge in [-0.05, 0) is 42.8 Å². The number of carboxylic acid groups (broad SMARTS) is 1. The number of halogens is 1. The van der Waals surface area contributed by atoms with Crippen molar-refractivity contribution in [2.45, 2.75) is 39.3 Å². The molecule has 4 rings (SSSR count). The molecule has 0 unspecified atom stereocenters. The van der Waals surface area contributed by atoms with Crippen LogP contribution in [-0.2, 0) is 11.5 Å². The van der Waals surface area contributed by atoms with Crippen LogP contribution in [0.4, 0.5) is 4.39 Å². The number of aromatic nitrogens is 3. The van der Waals surface area contributed by atoms with Gasteiger partial charge in [-0.2, -0.15) is 0 Å². The van der Waals surface area contributed by atoms with E-state index < -0.39 is 19.9 Å². The van der Waals surface area contributed by atoms with Crippen LogP contribution in [0.15, 0.2) is 48.8 Å². The van der Waals surface area contributed by atoms with Gasteiger partial charge < -0.3 is 19.4 Å². The zero-order valence-electron chi connectivity index (χ0n) is 19.3. The molecule has 0 atom stereocenters. The third-order valence-corrected chi connectivity index (χ3v) is 7.43. The molecule has 4 aromatic rings. The topological polar surface area (TPSA) is 80.1 Å². The molecule has 0 aliphatic rings. The molecule has 0 saturated heterocycles. The van der Waals surface area contributed by atoms with Gasteiger partial charge in [0.05, 0.1) is 17.0 Å². The number of carboxylic acids is 1. The standard InChI is InChI=1S/C25H28FN3O3Si/c1-16-6-5-7-19(22(16)26)23-20(25(30)31)14-21(29(23)15-32-12-13-33(2,3)4)17-8-10-27-24-18(17)9-11-28-24/h5-11,14H,12-13,15H2,1-4H3,(H,27,28)(H,30,31). The first-order valence-electron chi connectivity index (χ1n) is 10.9. The van der Waals surface area contributed by atoms with Crippen LogP contribution in [-0.4, -0.2) is 40.3 Å². The molecule has 1 aromatic carbocycles. The number of nitrogens with zero attached hydrogens (tertiary/aromatic N) is 2. The summed E-state index contributed by atoms with van der Waals surface area (Å²) in [5.74, 6) is -1.55. The second-order valence-electron chi connectivity index (χ2n) is 9.41. The van der Waals surface area contributed by atoms with Crippen molar-refractivity contribution in [2.24, 2.45) is 0 Å². The zero-order chi connectivity index (χ0) is 23.8. The van der Waals surface area contributed by atoms with Gasteiger partial charge in [-0.15, -0.1) is 0 Å². The lowest BCUT2D eigenvalue weighted by atomic mass is 10.0. The Morgan fingerprint density at radius 3 is 2.73 bits per heavy atom. The predicted octanol–water partition coefficient (Wildman–Crippen LogP) is 6.16. The van der Waals surface area contributed by atoms with E-state index in [4.69, 9.17) is 4.74 Å². The van der Waals surface area contributed by atoms with E-state index in [1.165, 1.54) is 0 Å². The van der Waals surface area contributed by atoms with E-state index in [-0.39, 0.29) is 17.9 Å². The van der Waals surface area contributed by atoms with E-state index in [9.17, 15) is 9.90 Å². The first kappa shape index (κ1) is 22.9. The summed E-state index contributed by atoms with van der Waals surface area (Å²) in [7, 11) is -1.31. The SMILES string of the molecule is Cc1cccc(-c2c(C(=O)O)cc(-c3ccnc4[nH]ccc34)n2COCC[Si](C)(C)C)c1F. The molecule has 0 fully saturated rings. The number of aromatic carboxylic acids is 1. The third kappa shape index (κ3) is 4.62. The number of H-pyrrole nitrogens is 1. The molecule has 0 radical (unpaired) electrons. The Bertz CT molecular complexity index is 1320. The van der Waals surface area contributed by atoms with Crippen LogP contribution < -0.4 is 0 Å². The maximum absolute atomic E-state index is 15.2. The summed E-state index contributed by atoms with van der Waals surface area (Å²) >= 11 is 0. The Hall–Kier alpha value is -3.23. The summed E-state index contributed by atoms with van der Waals surface area (Å²) in [5, 5.41) is 10.9. The minimum Gasteiger partial charge on any atom is -0.478 e. The summed E-state index contributed by atoms with van der Waals surface area (Å²) in [5.41, 5.74) is 3.16. The van der Waals surface area contributed by atoms with Gasteiger partial charge in [0, 0.05) is 43.6 Å². The van der Waals surface area contributed by atoms with Crippen molar-refractivity contribution in [3.63, 3.8) is 0 Å². The lowest BCUT2D eigenvalue weighted by Crippen LogP contribution is -2.22. The van der Waals surface area contributed by atoms with Crippen LogP contribution in [0.25, 0.3) is 33.5 Å². The van der Waals surface area contributed by atoms with Crippen LogP contribution in [0.5, 0.6) is 0 Å². The normalized spacial score (nSPS) is 11.9. The van der Waals surface area contributed by atoms with Gasteiger partial charge in [0.15, 0.2) is 0 Å². The third-order valence-electron chi connectivity index (χ3n) is 5.73. The summed E-state index contributed by atoms with van der Waals surface area (Å²) < 4.78 is 23.0. The fourth-order valence-corrected chi connectivity index (χ4v) is 4.67. The number of hydrogen-bond acceptors (Lipinski definition) is 3. The van der Waals surface area contributed by atoms with Crippen LogP contribution in [0, 0.1) is 12.7 Å². The Balaban J connectivity index is 1.92. The molecule has 172 valence electrons. The van der Waals surface area contributed by atoms with Gasteiger partial charge in [0.2, 0.25) is 0 Å². The molecule has 0 aliphatic heterocycles. The van der Waals surface area contributed by atoms with E-state index >= 15 is 4.39 Å². The molecule has 0 aliphatic carbocycles. The summed E-state index contributed by atoms with van der Waals surface area (Å²) in [6.45, 7) is 9.16. The molecular formula is C25H28FN3O3Si. The Morgan fingerprint density at radius 2 is 2.00 bits per heavy atom. The number of carbonyl (C=O) groups is 1. The first-order chi connectivity index (χ1) is 15.7. The van der Waals surface area contributed by atoms with E-state index in [0.29, 0.717) is 29.2 Å². The number of fused-ring (bicyclic) bond motifs is 1. The number of ether oxygens (including phenoxy) is 1. The quantitative estimate of drug-likeness (QED) is 0.241.